The van der Waals surface area contributed by atoms with Gasteiger partial charge in [0.1, 0.15) is 17.2 Å². The van der Waals surface area contributed by atoms with Crippen molar-refractivity contribution in [3.05, 3.63) is 281 Å². The van der Waals surface area contributed by atoms with Gasteiger partial charge in [-0.05, 0) is 180 Å². The average Bonchev–Trinajstić information content (AvgIpc) is 1.39. The molecule has 0 bridgehead atoms. The van der Waals surface area contributed by atoms with E-state index in [1.165, 1.54) is 72.8 Å². The number of nitro groups is 3. The van der Waals surface area contributed by atoms with Crippen LogP contribution in [0.2, 0.25) is 0 Å². The van der Waals surface area contributed by atoms with Gasteiger partial charge in [0, 0.05) is 72.7 Å². The normalized spacial score (nSPS) is 11.7. The molecule has 0 saturated carbocycles. The Morgan fingerprint density at radius 1 is 0.343 bits per heavy atom. The predicted octanol–water partition coefficient (Wildman–Crippen LogP) is 18.5. The number of hydrogen-bond donors (Lipinski definition) is 6. The van der Waals surface area contributed by atoms with E-state index in [0.717, 1.165) is 66.5 Å². The van der Waals surface area contributed by atoms with Crippen LogP contribution in [0.15, 0.2) is 231 Å². The molecule has 3 aromatic heterocycles. The predicted molar refractivity (Wildman–Crippen MR) is 389 cm³/mol. The van der Waals surface area contributed by atoms with E-state index in [9.17, 15) is 45.7 Å². The minimum atomic E-state index is -0.481. The molecule has 0 aliphatic rings. The zero-order valence-corrected chi connectivity index (χ0v) is 55.4. The van der Waals surface area contributed by atoms with Crippen molar-refractivity contribution >= 4 is 102 Å². The molecule has 27 nitrogen and oxygen atoms in total. The molecule has 0 amide bonds. The number of nitrogens with one attached hydrogen (secondary N) is 3. The Hall–Kier alpha value is -13.6. The van der Waals surface area contributed by atoms with Crippen LogP contribution in [0, 0.1) is 30.3 Å². The lowest BCUT2D eigenvalue weighted by Crippen LogP contribution is -2.20. The van der Waals surface area contributed by atoms with Gasteiger partial charge in [0.15, 0.2) is 0 Å². The number of phenols is 3. The molecule has 0 fully saturated rings. The molecule has 13 rings (SSSR count). The van der Waals surface area contributed by atoms with Gasteiger partial charge >= 0.3 is 0 Å². The number of phenolic OH excluding ortho intramolecular Hbond substituents is 3. The third-order valence-corrected chi connectivity index (χ3v) is 17.7. The molecule has 13 aromatic rings. The number of aromatic hydroxyl groups is 3. The molecule has 27 heteroatoms. The largest absolute Gasteiger partial charge is 0.508 e. The van der Waals surface area contributed by atoms with Crippen molar-refractivity contribution < 1.29 is 30.1 Å². The second-order valence-electron chi connectivity index (χ2n) is 23.9. The average molecular weight is 1360 g/mol. The summed E-state index contributed by atoms with van der Waals surface area (Å²) in [5, 5.41) is 105. The molecule has 6 N–H and O–H groups in total. The van der Waals surface area contributed by atoms with Crippen LogP contribution in [-0.4, -0.2) is 58.7 Å². The maximum atomic E-state index is 11.3. The lowest BCUT2D eigenvalue weighted by molar-refractivity contribution is -0.385. The minimum absolute atomic E-state index is 0.0226. The van der Waals surface area contributed by atoms with Crippen LogP contribution in [0.25, 0.3) is 33.1 Å². The number of nitrogens with zero attached hydrogens (tertiary/aromatic N) is 15. The van der Waals surface area contributed by atoms with Crippen LogP contribution in [0.5, 0.6) is 17.2 Å². The maximum Gasteiger partial charge on any atom is 0.269 e. The fourth-order valence-corrected chi connectivity index (χ4v) is 12.7. The smallest absolute Gasteiger partial charge is 0.269 e. The van der Waals surface area contributed by atoms with Gasteiger partial charge in [0.05, 0.1) is 102 Å². The lowest BCUT2D eigenvalue weighted by Gasteiger charge is -2.28. The number of fused-ring (bicyclic) bond motifs is 3. The molecule has 3 heterocycles. The molecule has 0 aliphatic carbocycles. The standard InChI is InChI=1S/C75H66N18O9/c1-4-58-61(43-88-67-16-10-7-13-64(67)79-73(88)76-40-46-37-52(25-34-70(46)94)85-82-49-19-28-55(29-20-49)91(97)98)59(5-2)63(45-90-69-18-12-9-15-66(69)81-75(90)78-42-48-39-54(27-36-72(48)96)87-84-51-23-32-57(33-24-51)93(101)102)60(6-3)62(58)44-89-68-17-11-8-14-65(68)80-74(89)77-41-47-38-53(26-35-71(47)95)86-83-50-21-30-56(31-22-50)92(99)100/h7-39,94-96H,4-6,40-45H2,1-3H3,(H,76,79)(H,77,80)(H,78,81). The summed E-state index contributed by atoms with van der Waals surface area (Å²) in [5.74, 6) is 1.69. The minimum Gasteiger partial charge on any atom is -0.508 e. The van der Waals surface area contributed by atoms with E-state index in [-0.39, 0.29) is 53.9 Å². The molecule has 0 radical (unpaired) electrons. The van der Waals surface area contributed by atoms with E-state index in [0.29, 0.717) is 108 Å². The number of non-ortho nitro benzene ring substituents is 3. The molecule has 10 aromatic carbocycles. The monoisotopic (exact) mass is 1360 g/mol. The summed E-state index contributed by atoms with van der Waals surface area (Å²) in [6.45, 7) is 8.00. The van der Waals surface area contributed by atoms with Crippen molar-refractivity contribution in [2.24, 2.45) is 30.7 Å². The Labute approximate surface area is 582 Å². The van der Waals surface area contributed by atoms with E-state index in [2.05, 4.69) is 81.1 Å². The van der Waals surface area contributed by atoms with E-state index < -0.39 is 14.8 Å². The first-order valence-electron chi connectivity index (χ1n) is 32.8. The Kier molecular flexibility index (Phi) is 19.5. The number of imidazole rings is 3. The Bertz CT molecular complexity index is 4880. The highest BCUT2D eigenvalue weighted by Crippen LogP contribution is 2.39. The third kappa shape index (κ3) is 14.5. The summed E-state index contributed by atoms with van der Waals surface area (Å²) < 4.78 is 6.53. The molecular weight excluding hydrogens is 1300 g/mol. The van der Waals surface area contributed by atoms with Crippen LogP contribution in [0.1, 0.15) is 70.8 Å². The summed E-state index contributed by atoms with van der Waals surface area (Å²) in [6, 6.07) is 55.7. The highest BCUT2D eigenvalue weighted by atomic mass is 16.6. The van der Waals surface area contributed by atoms with Crippen molar-refractivity contribution in [3.63, 3.8) is 0 Å². The van der Waals surface area contributed by atoms with E-state index in [4.69, 9.17) is 15.0 Å². The summed E-state index contributed by atoms with van der Waals surface area (Å²) in [4.78, 5) is 48.0. The van der Waals surface area contributed by atoms with Crippen LogP contribution >= 0.6 is 0 Å². The van der Waals surface area contributed by atoms with Gasteiger partial charge in [-0.25, -0.2) is 15.0 Å². The highest BCUT2D eigenvalue weighted by Gasteiger charge is 2.27. The third-order valence-electron chi connectivity index (χ3n) is 17.7. The van der Waals surface area contributed by atoms with Crippen molar-refractivity contribution in [3.8, 4) is 17.2 Å². The van der Waals surface area contributed by atoms with Gasteiger partial charge in [-0.2, -0.15) is 30.7 Å². The second kappa shape index (κ2) is 29.6. The van der Waals surface area contributed by atoms with Crippen LogP contribution < -0.4 is 16.0 Å². The van der Waals surface area contributed by atoms with Gasteiger partial charge in [-0.15, -0.1) is 0 Å². The van der Waals surface area contributed by atoms with E-state index in [1.54, 1.807) is 54.6 Å². The van der Waals surface area contributed by atoms with Crippen molar-refractivity contribution in [1.29, 1.82) is 0 Å². The SMILES string of the molecule is CCc1c(Cn2c(NCc3cc(N=Nc4ccc([N+](=O)[O-])cc4)ccc3O)nc3ccccc32)c(CC)c(Cn2c(NCc3cc(N=Nc4ccc([N+](=O)[O-])cc4)ccc3O)nc3ccccc32)c(CC)c1Cn1c(NCc2cc(N=Nc3ccc([N+](=O)[O-])cc3)ccc2O)nc2ccccc21. The summed E-state index contributed by atoms with van der Waals surface area (Å²) >= 11 is 0. The molecule has 102 heavy (non-hydrogen) atoms. The molecule has 0 atom stereocenters. The first-order valence-corrected chi connectivity index (χ1v) is 32.8. The number of anilines is 3. The molecule has 0 aliphatic heterocycles. The first kappa shape index (κ1) is 67.0. The van der Waals surface area contributed by atoms with E-state index >= 15 is 0 Å². The van der Waals surface area contributed by atoms with Crippen LogP contribution in [0.3, 0.4) is 0 Å². The molecular formula is C75H66N18O9. The van der Waals surface area contributed by atoms with Crippen molar-refractivity contribution in [1.82, 2.24) is 28.7 Å². The van der Waals surface area contributed by atoms with Gasteiger partial charge in [-0.3, -0.25) is 30.3 Å². The molecule has 0 spiro atoms. The quantitative estimate of drug-likeness (QED) is 0.0158. The number of benzene rings is 10. The van der Waals surface area contributed by atoms with Gasteiger partial charge < -0.3 is 45.0 Å². The second-order valence-corrected chi connectivity index (χ2v) is 23.9. The summed E-state index contributed by atoms with van der Waals surface area (Å²) in [6.07, 6.45) is 1.87. The Morgan fingerprint density at radius 3 is 0.843 bits per heavy atom. The lowest BCUT2D eigenvalue weighted by atomic mass is 9.83. The fraction of sp³-hybridized carbons (Fsp3) is 0.160. The fourth-order valence-electron chi connectivity index (χ4n) is 12.7. The number of azo groups is 3. The van der Waals surface area contributed by atoms with Gasteiger partial charge in [-0.1, -0.05) is 57.2 Å². The number of rotatable bonds is 27. The molecule has 0 saturated heterocycles. The number of para-hydroxylation sites is 6. The summed E-state index contributed by atoms with van der Waals surface area (Å²) in [5.41, 5.74) is 15.4. The Morgan fingerprint density at radius 2 is 0.588 bits per heavy atom. The van der Waals surface area contributed by atoms with Crippen molar-refractivity contribution in [2.75, 3.05) is 16.0 Å². The maximum absolute atomic E-state index is 11.3. The topological polar surface area (TPSA) is 354 Å². The van der Waals surface area contributed by atoms with Gasteiger partial charge in [0.2, 0.25) is 17.8 Å². The van der Waals surface area contributed by atoms with E-state index in [1.807, 2.05) is 72.8 Å². The molecule has 0 unspecified atom stereocenters. The highest BCUT2D eigenvalue weighted by molar-refractivity contribution is 5.81. The zero-order chi connectivity index (χ0) is 71.0. The summed E-state index contributed by atoms with van der Waals surface area (Å²) in [7, 11) is 0. The number of aromatic nitrogens is 6. The van der Waals surface area contributed by atoms with Gasteiger partial charge in [0.25, 0.3) is 17.1 Å². The van der Waals surface area contributed by atoms with Crippen molar-refractivity contribution in [2.45, 2.75) is 79.3 Å². The number of hydrogen-bond acceptors (Lipinski definition) is 21. The molecule has 510 valence electrons. The number of nitro benzene ring substituents is 3. The van der Waals surface area contributed by atoms with Crippen LogP contribution in [0.4, 0.5) is 69.0 Å². The first-order chi connectivity index (χ1) is 49.6. The Balaban J connectivity index is 0.899. The van der Waals surface area contributed by atoms with Crippen LogP contribution in [-0.2, 0) is 58.5 Å². The zero-order valence-electron chi connectivity index (χ0n) is 55.4.